The van der Waals surface area contributed by atoms with Crippen molar-refractivity contribution < 1.29 is 4.39 Å². The summed E-state index contributed by atoms with van der Waals surface area (Å²) in [6, 6.07) is 8.54. The van der Waals surface area contributed by atoms with Crippen molar-refractivity contribution in [1.82, 2.24) is 4.98 Å². The summed E-state index contributed by atoms with van der Waals surface area (Å²) >= 11 is 3.38. The standard InChI is InChI=1S/C13H12BrFN2/c14-12-4-3-11(15)8-13(12)17-7-5-10-2-1-6-16-9-10/h1-4,6,8-9,17H,5,7H2. The smallest absolute Gasteiger partial charge is 0.125 e. The summed E-state index contributed by atoms with van der Waals surface area (Å²) in [5.74, 6) is -0.239. The van der Waals surface area contributed by atoms with Crippen molar-refractivity contribution in [3.05, 3.63) is 58.6 Å². The third-order valence-electron chi connectivity index (χ3n) is 2.38. The number of rotatable bonds is 4. The predicted octanol–water partition coefficient (Wildman–Crippen LogP) is 3.64. The maximum Gasteiger partial charge on any atom is 0.125 e. The fourth-order valence-electron chi connectivity index (χ4n) is 1.52. The second kappa shape index (κ2) is 5.77. The van der Waals surface area contributed by atoms with Crippen molar-refractivity contribution in [1.29, 1.82) is 0 Å². The molecule has 1 heterocycles. The van der Waals surface area contributed by atoms with Gasteiger partial charge in [-0.15, -0.1) is 0 Å². The monoisotopic (exact) mass is 294 g/mol. The molecule has 0 aliphatic heterocycles. The van der Waals surface area contributed by atoms with Crippen LogP contribution in [0.1, 0.15) is 5.56 Å². The fourth-order valence-corrected chi connectivity index (χ4v) is 1.91. The van der Waals surface area contributed by atoms with Gasteiger partial charge < -0.3 is 5.32 Å². The molecule has 0 unspecified atom stereocenters. The Morgan fingerprint density at radius 2 is 2.18 bits per heavy atom. The minimum atomic E-state index is -0.239. The quantitative estimate of drug-likeness (QED) is 0.931. The number of aromatic nitrogens is 1. The van der Waals surface area contributed by atoms with Gasteiger partial charge in [-0.05, 0) is 52.2 Å². The largest absolute Gasteiger partial charge is 0.384 e. The first-order valence-corrected chi connectivity index (χ1v) is 6.13. The lowest BCUT2D eigenvalue weighted by Gasteiger charge is -2.08. The SMILES string of the molecule is Fc1ccc(Br)c(NCCc2cccnc2)c1. The maximum atomic E-state index is 13.0. The van der Waals surface area contributed by atoms with Gasteiger partial charge >= 0.3 is 0 Å². The fraction of sp³-hybridized carbons (Fsp3) is 0.154. The van der Waals surface area contributed by atoms with E-state index in [4.69, 9.17) is 0 Å². The van der Waals surface area contributed by atoms with Crippen LogP contribution in [0.25, 0.3) is 0 Å². The van der Waals surface area contributed by atoms with E-state index in [2.05, 4.69) is 26.2 Å². The Kier molecular flexibility index (Phi) is 4.09. The Morgan fingerprint density at radius 1 is 1.29 bits per heavy atom. The molecule has 0 radical (unpaired) electrons. The zero-order valence-corrected chi connectivity index (χ0v) is 10.7. The van der Waals surface area contributed by atoms with E-state index in [0.29, 0.717) is 0 Å². The third-order valence-corrected chi connectivity index (χ3v) is 3.07. The summed E-state index contributed by atoms with van der Waals surface area (Å²) in [4.78, 5) is 4.04. The van der Waals surface area contributed by atoms with Crippen molar-refractivity contribution in [3.8, 4) is 0 Å². The van der Waals surface area contributed by atoms with Gasteiger partial charge in [-0.3, -0.25) is 4.98 Å². The van der Waals surface area contributed by atoms with Crippen molar-refractivity contribution in [2.24, 2.45) is 0 Å². The molecule has 1 aromatic carbocycles. The minimum Gasteiger partial charge on any atom is -0.384 e. The van der Waals surface area contributed by atoms with Crippen molar-refractivity contribution >= 4 is 21.6 Å². The molecule has 2 rings (SSSR count). The number of pyridine rings is 1. The van der Waals surface area contributed by atoms with Crippen LogP contribution in [-0.4, -0.2) is 11.5 Å². The van der Waals surface area contributed by atoms with E-state index in [9.17, 15) is 4.39 Å². The number of anilines is 1. The lowest BCUT2D eigenvalue weighted by molar-refractivity contribution is 0.628. The van der Waals surface area contributed by atoms with Crippen LogP contribution in [0.3, 0.4) is 0 Å². The van der Waals surface area contributed by atoms with Crippen LogP contribution < -0.4 is 5.32 Å². The molecular formula is C13H12BrFN2. The molecule has 2 aromatic rings. The zero-order chi connectivity index (χ0) is 12.1. The summed E-state index contributed by atoms with van der Waals surface area (Å²) in [5, 5.41) is 3.19. The van der Waals surface area contributed by atoms with Gasteiger partial charge in [0.05, 0.1) is 5.69 Å². The highest BCUT2D eigenvalue weighted by molar-refractivity contribution is 9.10. The van der Waals surface area contributed by atoms with Gasteiger partial charge in [-0.25, -0.2) is 4.39 Å². The Balaban J connectivity index is 1.92. The number of hydrogen-bond acceptors (Lipinski definition) is 2. The van der Waals surface area contributed by atoms with Crippen molar-refractivity contribution in [2.45, 2.75) is 6.42 Å². The van der Waals surface area contributed by atoms with Crippen LogP contribution in [0.5, 0.6) is 0 Å². The molecule has 17 heavy (non-hydrogen) atoms. The molecule has 2 nitrogen and oxygen atoms in total. The van der Waals surface area contributed by atoms with Gasteiger partial charge in [0.25, 0.3) is 0 Å². The van der Waals surface area contributed by atoms with Gasteiger partial charge in [0.1, 0.15) is 5.82 Å². The molecule has 0 fully saturated rings. The molecule has 4 heteroatoms. The van der Waals surface area contributed by atoms with Crippen LogP contribution in [0.15, 0.2) is 47.2 Å². The average Bonchev–Trinajstić information content (AvgIpc) is 2.35. The van der Waals surface area contributed by atoms with Crippen LogP contribution in [0.2, 0.25) is 0 Å². The van der Waals surface area contributed by atoms with Crippen molar-refractivity contribution in [3.63, 3.8) is 0 Å². The summed E-state index contributed by atoms with van der Waals surface area (Å²) in [5.41, 5.74) is 1.93. The van der Waals surface area contributed by atoms with E-state index in [1.165, 1.54) is 12.1 Å². The molecule has 0 spiro atoms. The summed E-state index contributed by atoms with van der Waals surface area (Å²) in [6.07, 6.45) is 4.44. The molecule has 0 saturated carbocycles. The van der Waals surface area contributed by atoms with E-state index in [1.807, 2.05) is 18.3 Å². The molecule has 0 aliphatic rings. The molecule has 88 valence electrons. The zero-order valence-electron chi connectivity index (χ0n) is 9.16. The van der Waals surface area contributed by atoms with Crippen LogP contribution in [0, 0.1) is 5.82 Å². The first-order chi connectivity index (χ1) is 8.25. The molecule has 0 aliphatic carbocycles. The lowest BCUT2D eigenvalue weighted by atomic mass is 10.2. The first kappa shape index (κ1) is 12.0. The van der Waals surface area contributed by atoms with Gasteiger partial charge in [-0.2, -0.15) is 0 Å². The molecule has 0 atom stereocenters. The van der Waals surface area contributed by atoms with Gasteiger partial charge in [-0.1, -0.05) is 6.07 Å². The second-order valence-corrected chi connectivity index (χ2v) is 4.52. The highest BCUT2D eigenvalue weighted by atomic mass is 79.9. The normalized spacial score (nSPS) is 10.2. The second-order valence-electron chi connectivity index (χ2n) is 3.66. The number of nitrogens with zero attached hydrogens (tertiary/aromatic N) is 1. The molecule has 0 saturated heterocycles. The number of nitrogens with one attached hydrogen (secondary N) is 1. The van der Waals surface area contributed by atoms with E-state index in [1.54, 1.807) is 12.3 Å². The minimum absolute atomic E-state index is 0.239. The van der Waals surface area contributed by atoms with Crippen LogP contribution >= 0.6 is 15.9 Å². The Morgan fingerprint density at radius 3 is 2.94 bits per heavy atom. The summed E-state index contributed by atoms with van der Waals surface area (Å²) in [6.45, 7) is 0.744. The average molecular weight is 295 g/mol. The molecule has 0 amide bonds. The Hall–Kier alpha value is -1.42. The predicted molar refractivity (Wildman–Crippen MR) is 70.5 cm³/mol. The third kappa shape index (κ3) is 3.53. The van der Waals surface area contributed by atoms with E-state index < -0.39 is 0 Å². The summed E-state index contributed by atoms with van der Waals surface area (Å²) < 4.78 is 13.9. The number of hydrogen-bond donors (Lipinski definition) is 1. The van der Waals surface area contributed by atoms with Gasteiger partial charge in [0.2, 0.25) is 0 Å². The Labute approximate surface area is 108 Å². The van der Waals surface area contributed by atoms with E-state index in [0.717, 1.165) is 28.7 Å². The van der Waals surface area contributed by atoms with E-state index in [-0.39, 0.29) is 5.82 Å². The maximum absolute atomic E-state index is 13.0. The molecular weight excluding hydrogens is 283 g/mol. The van der Waals surface area contributed by atoms with Gasteiger partial charge in [0.15, 0.2) is 0 Å². The van der Waals surface area contributed by atoms with Crippen molar-refractivity contribution in [2.75, 3.05) is 11.9 Å². The number of halogens is 2. The molecule has 0 bridgehead atoms. The summed E-state index contributed by atoms with van der Waals surface area (Å²) in [7, 11) is 0. The highest BCUT2D eigenvalue weighted by Gasteiger charge is 2.01. The van der Waals surface area contributed by atoms with Crippen LogP contribution in [0.4, 0.5) is 10.1 Å². The Bertz CT molecular complexity index is 488. The number of benzene rings is 1. The van der Waals surface area contributed by atoms with Gasteiger partial charge in [0, 0.05) is 23.4 Å². The van der Waals surface area contributed by atoms with Crippen LogP contribution in [-0.2, 0) is 6.42 Å². The molecule has 1 N–H and O–H groups in total. The van der Waals surface area contributed by atoms with E-state index >= 15 is 0 Å². The first-order valence-electron chi connectivity index (χ1n) is 5.33. The molecule has 1 aromatic heterocycles. The lowest BCUT2D eigenvalue weighted by Crippen LogP contribution is -2.05. The highest BCUT2D eigenvalue weighted by Crippen LogP contribution is 2.22. The topological polar surface area (TPSA) is 24.9 Å².